The number of hydrogen-bond donors (Lipinski definition) is 0. The summed E-state index contributed by atoms with van der Waals surface area (Å²) < 4.78 is 38.8. The summed E-state index contributed by atoms with van der Waals surface area (Å²) in [4.78, 5) is 10.6. The normalized spacial score (nSPS) is 12.2. The van der Waals surface area contributed by atoms with Gasteiger partial charge in [-0.3, -0.25) is 9.00 Å². The maximum absolute atomic E-state index is 13.1. The van der Waals surface area contributed by atoms with Crippen molar-refractivity contribution in [3.63, 3.8) is 0 Å². The molecule has 16 heavy (non-hydrogen) atoms. The number of halogens is 1. The number of hydrogen-bond acceptors (Lipinski definition) is 4. The van der Waals surface area contributed by atoms with Crippen LogP contribution in [0.1, 0.15) is 18.1 Å². The molecule has 1 aromatic carbocycles. The van der Waals surface area contributed by atoms with Crippen LogP contribution in [0, 0.1) is 5.82 Å². The van der Waals surface area contributed by atoms with Gasteiger partial charge in [-0.25, -0.2) is 4.39 Å². The third-order valence-corrected chi connectivity index (χ3v) is 2.37. The van der Waals surface area contributed by atoms with E-state index in [0.717, 1.165) is 6.07 Å². The highest BCUT2D eigenvalue weighted by atomic mass is 32.2. The molecule has 0 bridgehead atoms. The van der Waals surface area contributed by atoms with Crippen molar-refractivity contribution in [3.05, 3.63) is 35.1 Å². The number of benzene rings is 1. The van der Waals surface area contributed by atoms with Gasteiger partial charge in [-0.2, -0.15) is 0 Å². The average molecular weight is 245 g/mol. The third kappa shape index (κ3) is 4.08. The van der Waals surface area contributed by atoms with E-state index in [0.29, 0.717) is 5.56 Å². The van der Waals surface area contributed by atoms with E-state index in [1.807, 2.05) is 0 Å². The zero-order valence-electron chi connectivity index (χ0n) is 8.57. The molecule has 1 unspecified atom stereocenters. The third-order valence-electron chi connectivity index (χ3n) is 1.83. The second kappa shape index (κ2) is 5.72. The molecule has 0 aliphatic heterocycles. The summed E-state index contributed by atoms with van der Waals surface area (Å²) in [7, 11) is 0. The summed E-state index contributed by atoms with van der Waals surface area (Å²) in [6.07, 6.45) is 0. The van der Waals surface area contributed by atoms with E-state index in [-0.39, 0.29) is 17.9 Å². The summed E-state index contributed by atoms with van der Waals surface area (Å²) in [5.41, 5.74) is 0.620. The molecule has 6 heteroatoms. The maximum Gasteiger partial charge on any atom is 0.302 e. The average Bonchev–Trinajstić information content (AvgIpc) is 2.18. The second-order valence-electron chi connectivity index (χ2n) is 3.15. The Bertz CT molecular complexity index is 419. The van der Waals surface area contributed by atoms with E-state index in [1.54, 1.807) is 0 Å². The topological polar surface area (TPSA) is 66.4 Å². The lowest BCUT2D eigenvalue weighted by molar-refractivity contribution is -0.142. The molecule has 1 atom stereocenters. The van der Waals surface area contributed by atoms with E-state index in [9.17, 15) is 17.9 Å². The van der Waals surface area contributed by atoms with Gasteiger partial charge < -0.3 is 9.29 Å². The minimum absolute atomic E-state index is 0.00804. The number of carbonyl (C=O) groups is 1. The summed E-state index contributed by atoms with van der Waals surface area (Å²) in [5, 5.41) is 0. The lowest BCUT2D eigenvalue weighted by atomic mass is 10.1. The molecule has 0 aliphatic carbocycles. The van der Waals surface area contributed by atoms with E-state index >= 15 is 0 Å². The van der Waals surface area contributed by atoms with Crippen molar-refractivity contribution in [2.45, 2.75) is 19.3 Å². The summed E-state index contributed by atoms with van der Waals surface area (Å²) in [5.74, 6) is -1.42. The molecule has 0 amide bonds. The van der Waals surface area contributed by atoms with Crippen molar-refractivity contribution < 1.29 is 22.7 Å². The summed E-state index contributed by atoms with van der Waals surface area (Å²) in [6, 6.07) is 3.96. The van der Waals surface area contributed by atoms with Gasteiger partial charge in [-0.15, -0.1) is 0 Å². The Morgan fingerprint density at radius 1 is 1.56 bits per heavy atom. The van der Waals surface area contributed by atoms with Gasteiger partial charge in [0.25, 0.3) is 0 Å². The van der Waals surface area contributed by atoms with Crippen LogP contribution >= 0.6 is 0 Å². The van der Waals surface area contributed by atoms with Crippen molar-refractivity contribution in [2.24, 2.45) is 0 Å². The maximum atomic E-state index is 13.1. The molecular weight excluding hydrogens is 235 g/mol. The minimum atomic E-state index is -2.35. The fourth-order valence-electron chi connectivity index (χ4n) is 1.14. The molecule has 0 fully saturated rings. The van der Waals surface area contributed by atoms with Crippen molar-refractivity contribution in [1.82, 2.24) is 0 Å². The molecule has 0 saturated carbocycles. The van der Waals surface area contributed by atoms with Gasteiger partial charge in [0.15, 0.2) is 0 Å². The van der Waals surface area contributed by atoms with Crippen molar-refractivity contribution in [1.29, 1.82) is 0 Å². The van der Waals surface area contributed by atoms with Crippen LogP contribution in [0.3, 0.4) is 0 Å². The zero-order valence-corrected chi connectivity index (χ0v) is 9.38. The first-order chi connectivity index (χ1) is 7.49. The van der Waals surface area contributed by atoms with Gasteiger partial charge in [0.05, 0.1) is 0 Å². The Hall–Kier alpha value is -1.27. The van der Waals surface area contributed by atoms with Crippen molar-refractivity contribution >= 4 is 17.0 Å². The first-order valence-corrected chi connectivity index (χ1v) is 5.70. The fraction of sp³-hybridized carbons (Fsp3) is 0.300. The highest BCUT2D eigenvalue weighted by molar-refractivity contribution is 7.78. The Kier molecular flexibility index (Phi) is 4.57. The second-order valence-corrected chi connectivity index (χ2v) is 4.05. The van der Waals surface area contributed by atoms with Gasteiger partial charge in [-0.05, 0) is 23.3 Å². The molecule has 0 saturated heterocycles. The number of carbonyl (C=O) groups excluding carboxylic acids is 1. The smallest absolute Gasteiger partial charge is 0.302 e. The molecule has 1 aromatic rings. The van der Waals surface area contributed by atoms with Crippen LogP contribution in [0.4, 0.5) is 4.39 Å². The number of ether oxygens (including phenoxy) is 1. The van der Waals surface area contributed by atoms with Crippen molar-refractivity contribution in [3.8, 4) is 0 Å². The monoisotopic (exact) mass is 245 g/mol. The van der Waals surface area contributed by atoms with Crippen LogP contribution in [-0.2, 0) is 33.0 Å². The van der Waals surface area contributed by atoms with Gasteiger partial charge in [-0.1, -0.05) is 17.1 Å². The van der Waals surface area contributed by atoms with Crippen LogP contribution in [0.2, 0.25) is 0 Å². The molecule has 0 radical (unpaired) electrons. The first kappa shape index (κ1) is 12.8. The Morgan fingerprint density at radius 2 is 2.25 bits per heavy atom. The quantitative estimate of drug-likeness (QED) is 0.591. The Labute approximate surface area is 94.7 Å². The standard InChI is InChI=1S/C10H11FO4S/c1-7(12)15-5-8-2-3-10(11)9(4-8)6-16(13)14/h2-4H,5-6H2,1H3,(H,13,14)/p-1. The largest absolute Gasteiger partial charge is 0.772 e. The Morgan fingerprint density at radius 3 is 2.81 bits per heavy atom. The SMILES string of the molecule is CC(=O)OCc1ccc(F)c(CS(=O)[O-])c1. The predicted octanol–water partition coefficient (Wildman–Crippen LogP) is 1.27. The molecule has 0 aliphatic rings. The van der Waals surface area contributed by atoms with Crippen molar-refractivity contribution in [2.75, 3.05) is 0 Å². The summed E-state index contributed by atoms with van der Waals surface area (Å²) >= 11 is -2.35. The van der Waals surface area contributed by atoms with E-state index in [2.05, 4.69) is 0 Å². The summed E-state index contributed by atoms with van der Waals surface area (Å²) in [6.45, 7) is 1.27. The van der Waals surface area contributed by atoms with Crippen LogP contribution < -0.4 is 0 Å². The lowest BCUT2D eigenvalue weighted by Gasteiger charge is -2.08. The predicted molar refractivity (Wildman–Crippen MR) is 54.5 cm³/mol. The van der Waals surface area contributed by atoms with Crippen LogP contribution in [0.25, 0.3) is 0 Å². The first-order valence-electron chi connectivity index (χ1n) is 4.45. The molecular formula is C10H10FO4S-. The van der Waals surface area contributed by atoms with Gasteiger partial charge in [0, 0.05) is 12.7 Å². The molecule has 88 valence electrons. The fourth-order valence-corrected chi connectivity index (χ4v) is 1.62. The van der Waals surface area contributed by atoms with Crippen LogP contribution in [0.5, 0.6) is 0 Å². The van der Waals surface area contributed by atoms with Gasteiger partial charge >= 0.3 is 5.97 Å². The van der Waals surface area contributed by atoms with E-state index in [1.165, 1.54) is 19.1 Å². The lowest BCUT2D eigenvalue weighted by Crippen LogP contribution is -2.02. The molecule has 4 nitrogen and oxygen atoms in total. The Balaban J connectivity index is 2.80. The highest BCUT2D eigenvalue weighted by Gasteiger charge is 2.05. The number of rotatable bonds is 4. The molecule has 0 N–H and O–H groups in total. The van der Waals surface area contributed by atoms with Crippen LogP contribution in [-0.4, -0.2) is 14.7 Å². The number of esters is 1. The molecule has 0 spiro atoms. The molecule has 0 aromatic heterocycles. The zero-order chi connectivity index (χ0) is 12.1. The van der Waals surface area contributed by atoms with Gasteiger partial charge in [0.2, 0.25) is 0 Å². The molecule has 0 heterocycles. The highest BCUT2D eigenvalue weighted by Crippen LogP contribution is 2.13. The van der Waals surface area contributed by atoms with E-state index < -0.39 is 22.9 Å². The molecule has 1 rings (SSSR count). The van der Waals surface area contributed by atoms with E-state index in [4.69, 9.17) is 4.74 Å². The minimum Gasteiger partial charge on any atom is -0.772 e. The van der Waals surface area contributed by atoms with Crippen LogP contribution in [0.15, 0.2) is 18.2 Å². The van der Waals surface area contributed by atoms with Gasteiger partial charge in [0.1, 0.15) is 12.4 Å².